The van der Waals surface area contributed by atoms with Gasteiger partial charge in [-0.1, -0.05) is 29.8 Å². The normalized spacial score (nSPS) is 19.6. The van der Waals surface area contributed by atoms with Crippen LogP contribution < -0.4 is 0 Å². The number of halogens is 1. The van der Waals surface area contributed by atoms with Crippen molar-refractivity contribution in [3.63, 3.8) is 0 Å². The fourth-order valence-corrected chi connectivity index (χ4v) is 5.40. The maximum Gasteiger partial charge on any atom is 0.255 e. The highest BCUT2D eigenvalue weighted by Crippen LogP contribution is 2.26. The van der Waals surface area contributed by atoms with Crippen LogP contribution in [0.5, 0.6) is 0 Å². The van der Waals surface area contributed by atoms with Crippen LogP contribution in [-0.4, -0.2) is 36.8 Å². The number of thiophene rings is 1. The summed E-state index contributed by atoms with van der Waals surface area (Å²) in [5, 5.41) is 2.33. The molecule has 122 valence electrons. The fourth-order valence-electron chi connectivity index (χ4n) is 2.75. The van der Waals surface area contributed by atoms with E-state index in [0.717, 1.165) is 4.88 Å². The van der Waals surface area contributed by atoms with Gasteiger partial charge in [0, 0.05) is 10.9 Å². The Bertz CT molecular complexity index is 802. The first-order valence-electron chi connectivity index (χ1n) is 7.24. The zero-order valence-electron chi connectivity index (χ0n) is 12.3. The summed E-state index contributed by atoms with van der Waals surface area (Å²) >= 11 is 7.70. The highest BCUT2D eigenvalue weighted by Gasteiger charge is 2.35. The van der Waals surface area contributed by atoms with Gasteiger partial charge in [-0.15, -0.1) is 11.3 Å². The molecule has 2 heterocycles. The van der Waals surface area contributed by atoms with Crippen molar-refractivity contribution in [3.8, 4) is 0 Å². The third-order valence-corrected chi connectivity index (χ3v) is 6.86. The van der Waals surface area contributed by atoms with Crippen LogP contribution in [0.25, 0.3) is 0 Å². The zero-order chi connectivity index (χ0) is 16.4. The lowest BCUT2D eigenvalue weighted by Crippen LogP contribution is -2.40. The summed E-state index contributed by atoms with van der Waals surface area (Å²) in [4.78, 5) is 15.6. The molecule has 3 rings (SSSR count). The maximum absolute atomic E-state index is 12.9. The van der Waals surface area contributed by atoms with Gasteiger partial charge in [0.1, 0.15) is 0 Å². The molecule has 0 spiro atoms. The van der Waals surface area contributed by atoms with Crippen molar-refractivity contribution in [2.24, 2.45) is 0 Å². The number of carbonyl (C=O) groups is 1. The molecule has 1 fully saturated rings. The van der Waals surface area contributed by atoms with E-state index in [4.69, 9.17) is 11.6 Å². The van der Waals surface area contributed by atoms with Gasteiger partial charge in [0.15, 0.2) is 9.84 Å². The molecule has 0 unspecified atom stereocenters. The Balaban J connectivity index is 1.91. The Kier molecular flexibility index (Phi) is 4.75. The van der Waals surface area contributed by atoms with Crippen LogP contribution in [0.4, 0.5) is 0 Å². The number of sulfone groups is 1. The zero-order valence-corrected chi connectivity index (χ0v) is 14.7. The second-order valence-electron chi connectivity index (χ2n) is 5.55. The third-order valence-electron chi connectivity index (χ3n) is 3.92. The quantitative estimate of drug-likeness (QED) is 0.831. The van der Waals surface area contributed by atoms with Crippen molar-refractivity contribution in [3.05, 3.63) is 57.2 Å². The molecular formula is C16H16ClNO3S2. The minimum Gasteiger partial charge on any atom is -0.329 e. The lowest BCUT2D eigenvalue weighted by Gasteiger charge is -2.28. The Morgan fingerprint density at radius 1 is 1.26 bits per heavy atom. The van der Waals surface area contributed by atoms with Crippen LogP contribution in [-0.2, 0) is 16.4 Å². The predicted octanol–water partition coefficient (Wildman–Crippen LogP) is 3.23. The Morgan fingerprint density at radius 2 is 2.04 bits per heavy atom. The first-order chi connectivity index (χ1) is 11.0. The van der Waals surface area contributed by atoms with Gasteiger partial charge in [0.2, 0.25) is 0 Å². The van der Waals surface area contributed by atoms with Crippen molar-refractivity contribution in [1.82, 2.24) is 4.90 Å². The standard InChI is InChI=1S/C16H16ClNO3S2/c17-15-6-2-1-5-14(15)16(19)18(10-13-4-3-8-22-13)12-7-9-23(20,21)11-12/h1-6,8,12H,7,9-11H2/t12-/m1/s1. The van der Waals surface area contributed by atoms with Crippen LogP contribution in [0.1, 0.15) is 21.7 Å². The smallest absolute Gasteiger partial charge is 0.255 e. The number of benzene rings is 1. The average molecular weight is 370 g/mol. The minimum absolute atomic E-state index is 0.0224. The van der Waals surface area contributed by atoms with E-state index in [1.54, 1.807) is 40.5 Å². The number of nitrogens with zero attached hydrogens (tertiary/aromatic N) is 1. The van der Waals surface area contributed by atoms with Gasteiger partial charge in [-0.05, 0) is 30.0 Å². The number of carbonyl (C=O) groups excluding carboxylic acids is 1. The van der Waals surface area contributed by atoms with Gasteiger partial charge < -0.3 is 4.90 Å². The van der Waals surface area contributed by atoms with E-state index >= 15 is 0 Å². The molecule has 23 heavy (non-hydrogen) atoms. The molecular weight excluding hydrogens is 354 g/mol. The first-order valence-corrected chi connectivity index (χ1v) is 10.3. The van der Waals surface area contributed by atoms with E-state index < -0.39 is 9.84 Å². The SMILES string of the molecule is O=C(c1ccccc1Cl)N(Cc1cccs1)[C@@H]1CCS(=O)(=O)C1. The summed E-state index contributed by atoms with van der Waals surface area (Å²) in [6.07, 6.45) is 0.476. The summed E-state index contributed by atoms with van der Waals surface area (Å²) in [5.74, 6) is -0.0608. The molecule has 0 N–H and O–H groups in total. The number of hydrogen-bond acceptors (Lipinski definition) is 4. The largest absolute Gasteiger partial charge is 0.329 e. The Labute approximate surface area is 144 Å². The summed E-state index contributed by atoms with van der Waals surface area (Å²) in [6, 6.07) is 10.4. The molecule has 7 heteroatoms. The van der Waals surface area contributed by atoms with E-state index in [1.807, 2.05) is 17.5 Å². The maximum atomic E-state index is 12.9. The second kappa shape index (κ2) is 6.63. The van der Waals surface area contributed by atoms with E-state index in [0.29, 0.717) is 23.6 Å². The van der Waals surface area contributed by atoms with Gasteiger partial charge >= 0.3 is 0 Å². The van der Waals surface area contributed by atoms with Gasteiger partial charge in [0.05, 0.1) is 28.6 Å². The van der Waals surface area contributed by atoms with Crippen molar-refractivity contribution in [1.29, 1.82) is 0 Å². The molecule has 1 aliphatic rings. The molecule has 4 nitrogen and oxygen atoms in total. The fraction of sp³-hybridized carbons (Fsp3) is 0.312. The highest BCUT2D eigenvalue weighted by atomic mass is 35.5. The summed E-state index contributed by atoms with van der Waals surface area (Å²) in [6.45, 7) is 0.405. The number of amides is 1. The molecule has 1 atom stereocenters. The highest BCUT2D eigenvalue weighted by molar-refractivity contribution is 7.91. The first kappa shape index (κ1) is 16.5. The van der Waals surface area contributed by atoms with Crippen molar-refractivity contribution in [2.75, 3.05) is 11.5 Å². The van der Waals surface area contributed by atoms with Gasteiger partial charge in [-0.25, -0.2) is 8.42 Å². The van der Waals surface area contributed by atoms with Crippen molar-refractivity contribution in [2.45, 2.75) is 19.0 Å². The van der Waals surface area contributed by atoms with Crippen molar-refractivity contribution >= 4 is 38.7 Å². The average Bonchev–Trinajstić information content (AvgIpc) is 3.14. The molecule has 1 saturated heterocycles. The minimum atomic E-state index is -3.07. The van der Waals surface area contributed by atoms with E-state index in [2.05, 4.69) is 0 Å². The van der Waals surface area contributed by atoms with Crippen LogP contribution in [0.3, 0.4) is 0 Å². The Hall–Kier alpha value is -1.37. The van der Waals surface area contributed by atoms with Gasteiger partial charge in [0.25, 0.3) is 5.91 Å². The summed E-state index contributed by atoms with van der Waals surface area (Å²) < 4.78 is 23.6. The summed E-state index contributed by atoms with van der Waals surface area (Å²) in [7, 11) is -3.07. The van der Waals surface area contributed by atoms with Gasteiger partial charge in [-0.3, -0.25) is 4.79 Å². The second-order valence-corrected chi connectivity index (χ2v) is 9.22. The molecule has 0 bridgehead atoms. The van der Waals surface area contributed by atoms with Crippen molar-refractivity contribution < 1.29 is 13.2 Å². The number of hydrogen-bond donors (Lipinski definition) is 0. The van der Waals surface area contributed by atoms with Crippen LogP contribution in [0, 0.1) is 0 Å². The van der Waals surface area contributed by atoms with E-state index in [1.165, 1.54) is 0 Å². The van der Waals surface area contributed by atoms with E-state index in [-0.39, 0.29) is 23.5 Å². The molecule has 1 aliphatic heterocycles. The van der Waals surface area contributed by atoms with E-state index in [9.17, 15) is 13.2 Å². The monoisotopic (exact) mass is 369 g/mol. The summed E-state index contributed by atoms with van der Waals surface area (Å²) in [5.41, 5.74) is 0.412. The van der Waals surface area contributed by atoms with Crippen LogP contribution >= 0.6 is 22.9 Å². The Morgan fingerprint density at radius 3 is 2.65 bits per heavy atom. The van der Waals surface area contributed by atoms with Crippen LogP contribution in [0.15, 0.2) is 41.8 Å². The van der Waals surface area contributed by atoms with Gasteiger partial charge in [-0.2, -0.15) is 0 Å². The molecule has 0 radical (unpaired) electrons. The predicted molar refractivity (Wildman–Crippen MR) is 92.7 cm³/mol. The molecule has 1 aromatic heterocycles. The van der Waals surface area contributed by atoms with Crippen LogP contribution in [0.2, 0.25) is 5.02 Å². The topological polar surface area (TPSA) is 54.5 Å². The molecule has 1 aromatic carbocycles. The third kappa shape index (κ3) is 3.76. The lowest BCUT2D eigenvalue weighted by molar-refractivity contribution is 0.0683. The molecule has 1 amide bonds. The molecule has 0 saturated carbocycles. The molecule has 2 aromatic rings. The lowest BCUT2D eigenvalue weighted by atomic mass is 10.1. The number of rotatable bonds is 4. The molecule has 0 aliphatic carbocycles.